The molecular formula is C7H19NO4S. The second-order valence-corrected chi connectivity index (χ2v) is 4.05. The Kier molecular flexibility index (Phi) is 8.54. The number of hydrogen-bond acceptors (Lipinski definition) is 4. The van der Waals surface area contributed by atoms with E-state index in [1.165, 1.54) is 0 Å². The lowest BCUT2D eigenvalue weighted by Crippen LogP contribution is -2.32. The molecule has 0 amide bonds. The molecule has 0 rings (SSSR count). The van der Waals surface area contributed by atoms with Crippen molar-refractivity contribution in [3.8, 4) is 0 Å². The molecule has 0 aromatic carbocycles. The molecule has 0 bridgehead atoms. The van der Waals surface area contributed by atoms with E-state index in [0.717, 1.165) is 13.1 Å². The van der Waals surface area contributed by atoms with Crippen LogP contribution in [-0.2, 0) is 10.1 Å². The molecule has 0 aliphatic carbocycles. The molecule has 1 unspecified atom stereocenters. The Morgan fingerprint density at radius 1 is 1.31 bits per heavy atom. The smallest absolute Gasteiger partial charge is 0.261 e. The Hall–Kier alpha value is -0.170. The van der Waals surface area contributed by atoms with Crippen molar-refractivity contribution in [2.45, 2.75) is 27.0 Å². The average molecular weight is 213 g/mol. The minimum absolute atomic E-state index is 0.287. The summed E-state index contributed by atoms with van der Waals surface area (Å²) in [5.74, 6) is 0. The third-order valence-electron chi connectivity index (χ3n) is 1.34. The second-order valence-electron chi connectivity index (χ2n) is 2.59. The predicted molar refractivity (Wildman–Crippen MR) is 52.1 cm³/mol. The van der Waals surface area contributed by atoms with Crippen LogP contribution in [0.2, 0.25) is 0 Å². The maximum atomic E-state index is 9.19. The van der Waals surface area contributed by atoms with E-state index in [-0.39, 0.29) is 6.23 Å². The van der Waals surface area contributed by atoms with Gasteiger partial charge in [-0.05, 0) is 20.0 Å². The summed E-state index contributed by atoms with van der Waals surface area (Å²) in [7, 11) is -3.67. The van der Waals surface area contributed by atoms with Crippen LogP contribution in [-0.4, -0.2) is 48.6 Å². The highest BCUT2D eigenvalue weighted by molar-refractivity contribution is 7.85. The molecule has 6 heteroatoms. The van der Waals surface area contributed by atoms with Gasteiger partial charge in [-0.15, -0.1) is 0 Å². The zero-order valence-corrected chi connectivity index (χ0v) is 9.37. The Bertz CT molecular complexity index is 189. The topological polar surface area (TPSA) is 77.8 Å². The summed E-state index contributed by atoms with van der Waals surface area (Å²) < 4.78 is 25.9. The van der Waals surface area contributed by atoms with Gasteiger partial charge in [-0.25, -0.2) is 0 Å². The third-order valence-corrected chi connectivity index (χ3v) is 1.34. The highest BCUT2D eigenvalue weighted by Gasteiger charge is 2.02. The number of hydrogen-bond donors (Lipinski definition) is 2. The summed E-state index contributed by atoms with van der Waals surface area (Å²) in [5.41, 5.74) is 0. The van der Waals surface area contributed by atoms with E-state index < -0.39 is 10.1 Å². The van der Waals surface area contributed by atoms with Crippen molar-refractivity contribution in [2.75, 3.05) is 19.3 Å². The fraction of sp³-hybridized carbons (Fsp3) is 1.00. The zero-order chi connectivity index (χ0) is 11.1. The van der Waals surface area contributed by atoms with Crippen molar-refractivity contribution in [1.29, 1.82) is 0 Å². The van der Waals surface area contributed by atoms with Gasteiger partial charge in [0.2, 0.25) is 0 Å². The van der Waals surface area contributed by atoms with Gasteiger partial charge in [0.05, 0.1) is 6.26 Å². The third kappa shape index (κ3) is 18.6. The van der Waals surface area contributed by atoms with Crippen molar-refractivity contribution < 1.29 is 18.1 Å². The molecule has 5 nitrogen and oxygen atoms in total. The molecule has 0 aromatic rings. The maximum Gasteiger partial charge on any atom is 0.261 e. The van der Waals surface area contributed by atoms with Crippen LogP contribution in [0.1, 0.15) is 20.8 Å². The van der Waals surface area contributed by atoms with Gasteiger partial charge in [-0.1, -0.05) is 13.8 Å². The minimum Gasteiger partial charge on any atom is -0.379 e. The molecule has 0 saturated carbocycles. The lowest BCUT2D eigenvalue weighted by atomic mass is 10.5. The molecule has 0 heterocycles. The minimum atomic E-state index is -3.67. The van der Waals surface area contributed by atoms with E-state index in [1.54, 1.807) is 6.92 Å². The lowest BCUT2D eigenvalue weighted by molar-refractivity contribution is 0.0265. The molecule has 0 radical (unpaired) electrons. The summed E-state index contributed by atoms with van der Waals surface area (Å²) in [5, 5.41) is 8.94. The first-order valence-corrected chi connectivity index (χ1v) is 5.91. The summed E-state index contributed by atoms with van der Waals surface area (Å²) in [6.45, 7) is 7.71. The van der Waals surface area contributed by atoms with Crippen molar-refractivity contribution >= 4 is 10.1 Å². The van der Waals surface area contributed by atoms with Gasteiger partial charge in [-0.2, -0.15) is 8.42 Å². The summed E-state index contributed by atoms with van der Waals surface area (Å²) in [6.07, 6.45) is 0.428. The first-order chi connectivity index (χ1) is 5.72. The quantitative estimate of drug-likeness (QED) is 0.516. The number of aliphatic hydroxyl groups is 1. The van der Waals surface area contributed by atoms with Gasteiger partial charge in [0.15, 0.2) is 0 Å². The first-order valence-electron chi connectivity index (χ1n) is 4.06. The summed E-state index contributed by atoms with van der Waals surface area (Å²) in [6, 6.07) is 0. The lowest BCUT2D eigenvalue weighted by Gasteiger charge is -2.20. The molecule has 0 aromatic heterocycles. The number of nitrogens with zero attached hydrogens (tertiary/aromatic N) is 1. The summed E-state index contributed by atoms with van der Waals surface area (Å²) >= 11 is 0. The van der Waals surface area contributed by atoms with E-state index in [0.29, 0.717) is 6.26 Å². The monoisotopic (exact) mass is 213 g/mol. The zero-order valence-electron chi connectivity index (χ0n) is 8.56. The summed E-state index contributed by atoms with van der Waals surface area (Å²) in [4.78, 5) is 1.97. The molecule has 82 valence electrons. The normalized spacial score (nSPS) is 13.5. The Balaban J connectivity index is 0. The molecule has 0 spiro atoms. The van der Waals surface area contributed by atoms with Crippen LogP contribution in [0.3, 0.4) is 0 Å². The van der Waals surface area contributed by atoms with Crippen LogP contribution < -0.4 is 0 Å². The molecule has 13 heavy (non-hydrogen) atoms. The molecular weight excluding hydrogens is 194 g/mol. The van der Waals surface area contributed by atoms with E-state index in [2.05, 4.69) is 0 Å². The molecule has 0 aliphatic rings. The SMILES string of the molecule is CCN(CC)C(C)O.CS(=O)(=O)O. The number of rotatable bonds is 3. The predicted octanol–water partition coefficient (Wildman–Crippen LogP) is 0.171. The molecule has 1 atom stereocenters. The van der Waals surface area contributed by atoms with Crippen molar-refractivity contribution in [1.82, 2.24) is 4.90 Å². The van der Waals surface area contributed by atoms with Crippen molar-refractivity contribution in [3.63, 3.8) is 0 Å². The highest BCUT2D eigenvalue weighted by Crippen LogP contribution is 1.91. The van der Waals surface area contributed by atoms with Crippen LogP contribution >= 0.6 is 0 Å². The largest absolute Gasteiger partial charge is 0.379 e. The Labute approximate surface area is 80.1 Å². The molecule has 0 saturated heterocycles. The first kappa shape index (κ1) is 15.3. The van der Waals surface area contributed by atoms with E-state index >= 15 is 0 Å². The van der Waals surface area contributed by atoms with Crippen molar-refractivity contribution in [2.24, 2.45) is 0 Å². The van der Waals surface area contributed by atoms with Gasteiger partial charge < -0.3 is 5.11 Å². The van der Waals surface area contributed by atoms with Crippen LogP contribution in [0.25, 0.3) is 0 Å². The van der Waals surface area contributed by atoms with Crippen LogP contribution in [0.4, 0.5) is 0 Å². The van der Waals surface area contributed by atoms with Gasteiger partial charge >= 0.3 is 0 Å². The average Bonchev–Trinajstić information content (AvgIpc) is 1.85. The van der Waals surface area contributed by atoms with Crippen LogP contribution in [0.5, 0.6) is 0 Å². The van der Waals surface area contributed by atoms with Crippen molar-refractivity contribution in [3.05, 3.63) is 0 Å². The Morgan fingerprint density at radius 3 is 1.54 bits per heavy atom. The van der Waals surface area contributed by atoms with Crippen LogP contribution in [0, 0.1) is 0 Å². The van der Waals surface area contributed by atoms with Crippen LogP contribution in [0.15, 0.2) is 0 Å². The van der Waals surface area contributed by atoms with E-state index in [1.807, 2.05) is 18.7 Å². The molecule has 0 aliphatic heterocycles. The molecule has 2 N–H and O–H groups in total. The highest BCUT2D eigenvalue weighted by atomic mass is 32.2. The van der Waals surface area contributed by atoms with Gasteiger partial charge in [0, 0.05) is 0 Å². The van der Waals surface area contributed by atoms with Gasteiger partial charge in [-0.3, -0.25) is 9.45 Å². The van der Waals surface area contributed by atoms with E-state index in [9.17, 15) is 8.42 Å². The van der Waals surface area contributed by atoms with E-state index in [4.69, 9.17) is 9.66 Å². The maximum absolute atomic E-state index is 9.19. The fourth-order valence-electron chi connectivity index (χ4n) is 0.752. The fourth-order valence-corrected chi connectivity index (χ4v) is 0.752. The standard InChI is InChI=1S/C6H15NO.CH4O3S/c1-4-7(5-2)6(3)8;1-5(2,3)4/h6,8H,4-5H2,1-3H3;1H3,(H,2,3,4). The second kappa shape index (κ2) is 7.25. The van der Waals surface area contributed by atoms with Gasteiger partial charge in [0.1, 0.15) is 6.23 Å². The van der Waals surface area contributed by atoms with Gasteiger partial charge in [0.25, 0.3) is 10.1 Å². The Morgan fingerprint density at radius 2 is 1.54 bits per heavy atom. The molecule has 0 fully saturated rings. The number of aliphatic hydroxyl groups excluding tert-OH is 1.